The van der Waals surface area contributed by atoms with Gasteiger partial charge in [-0.25, -0.2) is 29.5 Å². The van der Waals surface area contributed by atoms with Gasteiger partial charge in [-0.05, 0) is 36.8 Å². The lowest BCUT2D eigenvalue weighted by atomic mass is 10.1. The lowest BCUT2D eigenvalue weighted by molar-refractivity contribution is -0.146. The molecule has 0 unspecified atom stereocenters. The molecule has 14 nitrogen and oxygen atoms in total. The highest BCUT2D eigenvalue weighted by Crippen LogP contribution is 2.41. The Hall–Kier alpha value is -4.53. The molecular formula is C36H45FN7O7P. The summed E-state index contributed by atoms with van der Waals surface area (Å²) >= 11 is 0. The lowest BCUT2D eigenvalue weighted by Gasteiger charge is -2.30. The van der Waals surface area contributed by atoms with E-state index in [1.54, 1.807) is 0 Å². The summed E-state index contributed by atoms with van der Waals surface area (Å²) < 4.78 is 54.7. The van der Waals surface area contributed by atoms with Crippen LogP contribution in [0.4, 0.5) is 10.2 Å². The molecule has 0 aliphatic carbocycles. The summed E-state index contributed by atoms with van der Waals surface area (Å²) in [6.45, 7) is 4.30. The van der Waals surface area contributed by atoms with Crippen molar-refractivity contribution in [3.05, 3.63) is 96.3 Å². The fraction of sp³-hybridized carbons (Fsp3) is 0.417. The molecule has 2 aromatic carbocycles. The fourth-order valence-electron chi connectivity index (χ4n) is 5.46. The van der Waals surface area contributed by atoms with Crippen LogP contribution in [0.2, 0.25) is 0 Å². The zero-order valence-electron chi connectivity index (χ0n) is 29.2. The molecule has 1 aliphatic rings. The van der Waals surface area contributed by atoms with Gasteiger partial charge in [0, 0.05) is 6.08 Å². The molecule has 0 saturated carbocycles. The minimum absolute atomic E-state index is 0.119. The SMILES string of the molecule is CCCCOC(=O)[C@H](Cc1ccccc1)NP(=O)(CO[C@@H]1C=C(F)[C@H](n2cnc3c(N)ncnc32)O1)N[C@@H](Cc1ccccc1)C(=O)OCCCC. The van der Waals surface area contributed by atoms with E-state index in [4.69, 9.17) is 24.7 Å². The first kappa shape index (κ1) is 38.7. The Kier molecular flexibility index (Phi) is 14.0. The smallest absolute Gasteiger partial charge is 0.323 e. The van der Waals surface area contributed by atoms with E-state index in [1.807, 2.05) is 74.5 Å². The number of carbonyl (C=O) groups excluding carboxylic acids is 2. The lowest BCUT2D eigenvalue weighted by Crippen LogP contribution is -2.46. The molecule has 4 aromatic rings. The number of aromatic nitrogens is 4. The van der Waals surface area contributed by atoms with Crippen LogP contribution in [0.3, 0.4) is 0 Å². The van der Waals surface area contributed by atoms with Crippen LogP contribution in [0.15, 0.2) is 85.2 Å². The largest absolute Gasteiger partial charge is 0.465 e. The van der Waals surface area contributed by atoms with Gasteiger partial charge < -0.3 is 24.7 Å². The molecule has 0 spiro atoms. The molecule has 0 fully saturated rings. The van der Waals surface area contributed by atoms with Crippen molar-refractivity contribution in [1.29, 1.82) is 0 Å². The summed E-state index contributed by atoms with van der Waals surface area (Å²) in [6, 6.07) is 16.1. The molecule has 52 heavy (non-hydrogen) atoms. The van der Waals surface area contributed by atoms with Crippen molar-refractivity contribution in [2.45, 2.75) is 77.0 Å². The average Bonchev–Trinajstić information content (AvgIpc) is 3.75. The van der Waals surface area contributed by atoms with E-state index in [2.05, 4.69) is 25.1 Å². The van der Waals surface area contributed by atoms with Crippen LogP contribution in [0, 0.1) is 0 Å². The molecule has 0 amide bonds. The van der Waals surface area contributed by atoms with Crippen molar-refractivity contribution in [3.8, 4) is 0 Å². The van der Waals surface area contributed by atoms with E-state index in [-0.39, 0.29) is 43.0 Å². The topological polar surface area (TPSA) is 182 Å². The number of benzene rings is 2. The number of rotatable bonds is 20. The highest BCUT2D eigenvalue weighted by Gasteiger charge is 2.38. The predicted octanol–water partition coefficient (Wildman–Crippen LogP) is 5.37. The number of nitrogens with zero attached hydrogens (tertiary/aromatic N) is 4. The van der Waals surface area contributed by atoms with Gasteiger partial charge in [-0.2, -0.15) is 0 Å². The van der Waals surface area contributed by atoms with E-state index in [0.29, 0.717) is 12.8 Å². The molecule has 1 aliphatic heterocycles. The first-order valence-corrected chi connectivity index (χ1v) is 19.2. The van der Waals surface area contributed by atoms with Gasteiger partial charge >= 0.3 is 11.9 Å². The van der Waals surface area contributed by atoms with Crippen LogP contribution in [0.1, 0.15) is 56.9 Å². The van der Waals surface area contributed by atoms with Gasteiger partial charge in [0.15, 0.2) is 29.8 Å². The normalized spacial score (nSPS) is 17.1. The van der Waals surface area contributed by atoms with Gasteiger partial charge in [0.05, 0.1) is 19.5 Å². The highest BCUT2D eigenvalue weighted by molar-refractivity contribution is 7.59. The minimum Gasteiger partial charge on any atom is -0.465 e. The van der Waals surface area contributed by atoms with Crippen molar-refractivity contribution in [2.24, 2.45) is 0 Å². The van der Waals surface area contributed by atoms with Crippen LogP contribution in [-0.2, 0) is 45.9 Å². The number of anilines is 1. The number of imidazole rings is 1. The average molecular weight is 738 g/mol. The first-order valence-electron chi connectivity index (χ1n) is 17.3. The van der Waals surface area contributed by atoms with Gasteiger partial charge in [0.25, 0.3) is 0 Å². The molecule has 5 rings (SSSR count). The Balaban J connectivity index is 1.42. The van der Waals surface area contributed by atoms with E-state index >= 15 is 8.96 Å². The van der Waals surface area contributed by atoms with Gasteiger partial charge in [-0.15, -0.1) is 0 Å². The third kappa shape index (κ3) is 10.5. The van der Waals surface area contributed by atoms with Crippen molar-refractivity contribution in [2.75, 3.05) is 25.3 Å². The highest BCUT2D eigenvalue weighted by atomic mass is 31.2. The van der Waals surface area contributed by atoms with E-state index in [9.17, 15) is 9.59 Å². The molecule has 0 bridgehead atoms. The number of esters is 2. The van der Waals surface area contributed by atoms with Crippen molar-refractivity contribution >= 4 is 36.4 Å². The van der Waals surface area contributed by atoms with Gasteiger partial charge in [-0.3, -0.25) is 18.7 Å². The zero-order valence-corrected chi connectivity index (χ0v) is 30.1. The number of halogens is 1. The van der Waals surface area contributed by atoms with Crippen LogP contribution in [0.25, 0.3) is 11.2 Å². The Morgan fingerprint density at radius 2 is 1.46 bits per heavy atom. The number of nitrogens with two attached hydrogens (primary N) is 1. The summed E-state index contributed by atoms with van der Waals surface area (Å²) in [5.74, 6) is -1.84. The first-order chi connectivity index (χ1) is 25.2. The maximum Gasteiger partial charge on any atom is 0.323 e. The Bertz CT molecular complexity index is 1770. The monoisotopic (exact) mass is 737 g/mol. The maximum atomic E-state index is 15.4. The van der Waals surface area contributed by atoms with Crippen molar-refractivity contribution in [3.63, 3.8) is 0 Å². The molecule has 4 atom stereocenters. The summed E-state index contributed by atoms with van der Waals surface area (Å²) in [4.78, 5) is 39.3. The van der Waals surface area contributed by atoms with Crippen LogP contribution in [-0.4, -0.2) is 69.4 Å². The number of fused-ring (bicyclic) bond motifs is 1. The fourth-order valence-corrected chi connectivity index (χ4v) is 7.44. The number of nitrogens with one attached hydrogen (secondary N) is 2. The molecule has 0 radical (unpaired) electrons. The van der Waals surface area contributed by atoms with E-state index in [1.165, 1.54) is 17.2 Å². The molecule has 16 heteroatoms. The van der Waals surface area contributed by atoms with Crippen LogP contribution in [0.5, 0.6) is 0 Å². The molecule has 2 aromatic heterocycles. The number of hydrogen-bond donors (Lipinski definition) is 3. The summed E-state index contributed by atoms with van der Waals surface area (Å²) in [7, 11) is -4.10. The molecular weight excluding hydrogens is 692 g/mol. The molecule has 3 heterocycles. The van der Waals surface area contributed by atoms with Gasteiger partial charge in [-0.1, -0.05) is 87.4 Å². The summed E-state index contributed by atoms with van der Waals surface area (Å²) in [5.41, 5.74) is 7.98. The van der Waals surface area contributed by atoms with Gasteiger partial charge in [0.2, 0.25) is 7.44 Å². The third-order valence-electron chi connectivity index (χ3n) is 8.20. The number of carbonyl (C=O) groups is 2. The minimum atomic E-state index is -4.10. The third-order valence-corrected chi connectivity index (χ3v) is 10.2. The zero-order chi connectivity index (χ0) is 36.9. The molecule has 278 valence electrons. The Labute approximate surface area is 301 Å². The van der Waals surface area contributed by atoms with Crippen molar-refractivity contribution in [1.82, 2.24) is 29.7 Å². The number of nitrogen functional groups attached to an aromatic ring is 1. The Morgan fingerprint density at radius 1 is 0.904 bits per heavy atom. The predicted molar refractivity (Wildman–Crippen MR) is 192 cm³/mol. The molecule has 0 saturated heterocycles. The summed E-state index contributed by atoms with van der Waals surface area (Å²) in [5, 5.41) is 5.94. The summed E-state index contributed by atoms with van der Waals surface area (Å²) in [6.07, 6.45) is 3.56. The van der Waals surface area contributed by atoms with Gasteiger partial charge in [0.1, 0.15) is 30.3 Å². The second-order valence-corrected chi connectivity index (χ2v) is 14.6. The van der Waals surface area contributed by atoms with E-state index in [0.717, 1.165) is 30.0 Å². The molecule has 4 N–H and O–H groups in total. The van der Waals surface area contributed by atoms with Crippen LogP contribution < -0.4 is 15.9 Å². The van der Waals surface area contributed by atoms with E-state index < -0.39 is 56.2 Å². The van der Waals surface area contributed by atoms with Crippen LogP contribution >= 0.6 is 7.44 Å². The standard InChI is InChI=1S/C36H45FN7O7P/c1-3-5-17-48-35(45)28(19-25-13-9-7-10-14-25)42-52(47,43-29(36(46)49-18-6-4-2)20-26-15-11-8-12-16-26)24-50-30-21-27(37)34(51-30)44-23-41-31-32(38)39-22-40-33(31)44/h7-16,21-23,28-30,34H,3-6,17-20,24H2,1-2H3,(H2,38,39,40)(H2,42,43,47)/t28-,29-,30-,34+/m0/s1. The number of hydrogen-bond acceptors (Lipinski definition) is 11. The number of ether oxygens (including phenoxy) is 4. The quantitative estimate of drug-likeness (QED) is 0.0599. The Morgan fingerprint density at radius 3 is 2.00 bits per heavy atom. The second-order valence-electron chi connectivity index (χ2n) is 12.3. The second kappa shape index (κ2) is 18.8. The van der Waals surface area contributed by atoms with Crippen molar-refractivity contribution < 1.29 is 37.5 Å². The number of unbranched alkanes of at least 4 members (excludes halogenated alkanes) is 2. The maximum absolute atomic E-state index is 15.4.